The lowest BCUT2D eigenvalue weighted by molar-refractivity contribution is -0.146. The van der Waals surface area contributed by atoms with Crippen LogP contribution in [0.3, 0.4) is 0 Å². The lowest BCUT2D eigenvalue weighted by atomic mass is 10.1. The summed E-state index contributed by atoms with van der Waals surface area (Å²) in [6.07, 6.45) is 0. The Morgan fingerprint density at radius 2 is 1.73 bits per heavy atom. The second-order valence-electron chi connectivity index (χ2n) is 6.27. The molecule has 0 radical (unpaired) electrons. The van der Waals surface area contributed by atoms with E-state index in [-0.39, 0.29) is 5.78 Å². The van der Waals surface area contributed by atoms with Crippen molar-refractivity contribution in [3.63, 3.8) is 0 Å². The highest BCUT2D eigenvalue weighted by Crippen LogP contribution is 2.34. The summed E-state index contributed by atoms with van der Waals surface area (Å²) < 4.78 is 5.73. The maximum Gasteiger partial charge on any atom is 0.325 e. The molecule has 0 saturated heterocycles. The fraction of sp³-hybridized carbons (Fsp3) is 0.143. The molecule has 7 nitrogen and oxygen atoms in total. The molecule has 3 aromatic rings. The second kappa shape index (κ2) is 9.51. The maximum absolute atomic E-state index is 12.3. The number of nitrogens with one attached hydrogen (secondary N) is 2. The number of thiophene rings is 1. The summed E-state index contributed by atoms with van der Waals surface area (Å²) in [7, 11) is 0. The van der Waals surface area contributed by atoms with E-state index < -0.39 is 30.9 Å². The average molecular weight is 445 g/mol. The molecule has 0 bridgehead atoms. The second-order valence-corrected chi connectivity index (χ2v) is 7.70. The number of amides is 2. The summed E-state index contributed by atoms with van der Waals surface area (Å²) in [5.74, 6) is -1.88. The smallest absolute Gasteiger partial charge is 0.325 e. The normalized spacial score (nSPS) is 10.5. The van der Waals surface area contributed by atoms with Crippen molar-refractivity contribution < 1.29 is 23.9 Å². The number of hydrogen-bond acceptors (Lipinski definition) is 6. The Bertz CT molecular complexity index is 1120. The average Bonchev–Trinajstić information content (AvgIpc) is 3.08. The number of benzene rings is 2. The molecule has 154 valence electrons. The lowest BCUT2D eigenvalue weighted by Crippen LogP contribution is -2.32. The minimum atomic E-state index is -0.761. The van der Waals surface area contributed by atoms with Crippen LogP contribution in [0.5, 0.6) is 0 Å². The quantitative estimate of drug-likeness (QED) is 0.427. The number of rotatable bonds is 7. The molecule has 0 aliphatic heterocycles. The van der Waals surface area contributed by atoms with Gasteiger partial charge in [0.1, 0.15) is 11.4 Å². The molecule has 1 heterocycles. The van der Waals surface area contributed by atoms with Gasteiger partial charge in [-0.25, -0.2) is 0 Å². The van der Waals surface area contributed by atoms with Crippen molar-refractivity contribution in [2.75, 3.05) is 18.5 Å². The van der Waals surface area contributed by atoms with Crippen molar-refractivity contribution in [3.05, 3.63) is 64.0 Å². The molecule has 0 saturated carbocycles. The summed E-state index contributed by atoms with van der Waals surface area (Å²) in [6, 6.07) is 13.6. The number of hydrogen-bond donors (Lipinski definition) is 2. The first kappa shape index (κ1) is 21.5. The van der Waals surface area contributed by atoms with E-state index in [2.05, 4.69) is 10.6 Å². The van der Waals surface area contributed by atoms with Crippen LogP contribution >= 0.6 is 22.9 Å². The molecular formula is C21H17ClN2O5S. The standard InChI is InChI=1S/C21H17ClN2O5S/c1-12(25)13-6-8-14(9-7-13)24-17(26)11-29-18(27)10-23-21(28)20-19(22)15-4-2-3-5-16(15)30-20/h2-9H,10-11H2,1H3,(H,23,28)(H,24,26). The van der Waals surface area contributed by atoms with Crippen LogP contribution in [0.15, 0.2) is 48.5 Å². The SMILES string of the molecule is CC(=O)c1ccc(NC(=O)COC(=O)CNC(=O)c2sc3ccccc3c2Cl)cc1. The van der Waals surface area contributed by atoms with Gasteiger partial charge < -0.3 is 15.4 Å². The third-order valence-corrected chi connectivity index (χ3v) is 5.75. The molecule has 0 unspecified atom stereocenters. The zero-order chi connectivity index (χ0) is 21.7. The molecule has 2 N–H and O–H groups in total. The first-order chi connectivity index (χ1) is 14.3. The van der Waals surface area contributed by atoms with E-state index in [1.54, 1.807) is 24.3 Å². The molecule has 0 aliphatic rings. The van der Waals surface area contributed by atoms with E-state index in [0.717, 1.165) is 10.1 Å². The number of esters is 1. The van der Waals surface area contributed by atoms with E-state index >= 15 is 0 Å². The third-order valence-electron chi connectivity index (χ3n) is 4.07. The number of ketones is 1. The number of halogens is 1. The zero-order valence-electron chi connectivity index (χ0n) is 15.9. The zero-order valence-corrected chi connectivity index (χ0v) is 17.4. The van der Waals surface area contributed by atoms with Gasteiger partial charge in [0.15, 0.2) is 12.4 Å². The summed E-state index contributed by atoms with van der Waals surface area (Å²) in [5, 5.41) is 6.08. The predicted octanol–water partition coefficient (Wildman–Crippen LogP) is 3.67. The Kier molecular flexibility index (Phi) is 6.81. The van der Waals surface area contributed by atoms with Gasteiger partial charge in [0.2, 0.25) is 0 Å². The first-order valence-corrected chi connectivity index (χ1v) is 10.1. The van der Waals surface area contributed by atoms with Crippen LogP contribution in [0.1, 0.15) is 27.0 Å². The van der Waals surface area contributed by atoms with Crippen molar-refractivity contribution in [3.8, 4) is 0 Å². The highest BCUT2D eigenvalue weighted by atomic mass is 35.5. The summed E-state index contributed by atoms with van der Waals surface area (Å²) in [4.78, 5) is 47.5. The van der Waals surface area contributed by atoms with Crippen LogP contribution in [0.4, 0.5) is 5.69 Å². The molecular weight excluding hydrogens is 428 g/mol. The Balaban J connectivity index is 1.46. The Morgan fingerprint density at radius 3 is 2.40 bits per heavy atom. The summed E-state index contributed by atoms with van der Waals surface area (Å²) >= 11 is 7.46. The van der Waals surface area contributed by atoms with Crippen LogP contribution in [0.2, 0.25) is 5.02 Å². The molecule has 1 aromatic heterocycles. The van der Waals surface area contributed by atoms with Crippen molar-refractivity contribution in [1.29, 1.82) is 0 Å². The summed E-state index contributed by atoms with van der Waals surface area (Å²) in [6.45, 7) is 0.539. The van der Waals surface area contributed by atoms with E-state index in [1.165, 1.54) is 18.3 Å². The number of fused-ring (bicyclic) bond motifs is 1. The molecule has 3 rings (SSSR count). The van der Waals surface area contributed by atoms with Crippen molar-refractivity contribution in [2.24, 2.45) is 0 Å². The molecule has 0 aliphatic carbocycles. The fourth-order valence-electron chi connectivity index (χ4n) is 2.58. The molecule has 0 spiro atoms. The lowest BCUT2D eigenvalue weighted by Gasteiger charge is -2.08. The van der Waals surface area contributed by atoms with Gasteiger partial charge in [-0.15, -0.1) is 11.3 Å². The van der Waals surface area contributed by atoms with Gasteiger partial charge in [0.05, 0.1) is 5.02 Å². The van der Waals surface area contributed by atoms with Gasteiger partial charge in [-0.05, 0) is 37.3 Å². The topological polar surface area (TPSA) is 102 Å². The van der Waals surface area contributed by atoms with E-state index in [9.17, 15) is 19.2 Å². The molecule has 0 fully saturated rings. The van der Waals surface area contributed by atoms with Crippen molar-refractivity contribution in [1.82, 2.24) is 5.32 Å². The van der Waals surface area contributed by atoms with Gasteiger partial charge in [-0.2, -0.15) is 0 Å². The van der Waals surface area contributed by atoms with Crippen LogP contribution < -0.4 is 10.6 Å². The molecule has 2 amide bonds. The number of Topliss-reactive ketones (excluding diaryl/α,β-unsaturated/α-hetero) is 1. The number of anilines is 1. The third kappa shape index (κ3) is 5.22. The van der Waals surface area contributed by atoms with Gasteiger partial charge in [-0.1, -0.05) is 29.8 Å². The van der Waals surface area contributed by atoms with Crippen molar-refractivity contribution in [2.45, 2.75) is 6.92 Å². The molecule has 30 heavy (non-hydrogen) atoms. The summed E-state index contributed by atoms with van der Waals surface area (Å²) in [5.41, 5.74) is 0.989. The van der Waals surface area contributed by atoms with Crippen molar-refractivity contribution >= 4 is 62.3 Å². The number of carbonyl (C=O) groups is 4. The Hall–Kier alpha value is -3.23. The van der Waals surface area contributed by atoms with Gasteiger partial charge in [0, 0.05) is 21.3 Å². The van der Waals surface area contributed by atoms with Gasteiger partial charge in [0.25, 0.3) is 11.8 Å². The Labute approximate surface area is 181 Å². The molecule has 2 aromatic carbocycles. The number of carbonyl (C=O) groups excluding carboxylic acids is 4. The van der Waals surface area contributed by atoms with Crippen LogP contribution in [-0.4, -0.2) is 36.7 Å². The van der Waals surface area contributed by atoms with E-state index in [4.69, 9.17) is 16.3 Å². The van der Waals surface area contributed by atoms with Gasteiger partial charge in [-0.3, -0.25) is 19.2 Å². The van der Waals surface area contributed by atoms with E-state index in [0.29, 0.717) is 21.2 Å². The van der Waals surface area contributed by atoms with Gasteiger partial charge >= 0.3 is 5.97 Å². The minimum Gasteiger partial charge on any atom is -0.454 e. The van der Waals surface area contributed by atoms with Crippen LogP contribution in [0, 0.1) is 0 Å². The highest BCUT2D eigenvalue weighted by molar-refractivity contribution is 7.21. The largest absolute Gasteiger partial charge is 0.454 e. The van der Waals surface area contributed by atoms with Crippen LogP contribution in [0.25, 0.3) is 10.1 Å². The maximum atomic E-state index is 12.3. The monoisotopic (exact) mass is 444 g/mol. The first-order valence-electron chi connectivity index (χ1n) is 8.87. The van der Waals surface area contributed by atoms with E-state index in [1.807, 2.05) is 24.3 Å². The minimum absolute atomic E-state index is 0.0826. The molecule has 9 heteroatoms. The predicted molar refractivity (Wildman–Crippen MR) is 115 cm³/mol. The number of ether oxygens (including phenoxy) is 1. The highest BCUT2D eigenvalue weighted by Gasteiger charge is 2.18. The molecule has 0 atom stereocenters. The van der Waals surface area contributed by atoms with Crippen LogP contribution in [-0.2, 0) is 14.3 Å². The Morgan fingerprint density at radius 1 is 1.03 bits per heavy atom. The fourth-order valence-corrected chi connectivity index (χ4v) is 4.01.